The van der Waals surface area contributed by atoms with Crippen LogP contribution in [0.5, 0.6) is 0 Å². The highest BCUT2D eigenvalue weighted by atomic mass is 15.3. The topological polar surface area (TPSA) is 6.48 Å². The van der Waals surface area contributed by atoms with Gasteiger partial charge < -0.3 is 9.80 Å². The molecule has 6 aliphatic rings. The molecule has 0 amide bonds. The van der Waals surface area contributed by atoms with E-state index in [1.807, 2.05) is 0 Å². The van der Waals surface area contributed by atoms with Crippen LogP contribution < -0.4 is 0 Å². The monoisotopic (exact) mass is 468 g/mol. The minimum absolute atomic E-state index is 0.488. The Morgan fingerprint density at radius 3 is 2.69 bits per heavy atom. The average molecular weight is 469 g/mol. The Morgan fingerprint density at radius 1 is 0.971 bits per heavy atom. The molecule has 2 nitrogen and oxygen atoms in total. The predicted molar refractivity (Wildman–Crippen MR) is 148 cm³/mol. The number of fused-ring (bicyclic) bond motifs is 3. The van der Waals surface area contributed by atoms with Gasteiger partial charge in [0, 0.05) is 41.4 Å². The van der Waals surface area contributed by atoms with Crippen LogP contribution in [0, 0.1) is 17.8 Å². The number of hydrogen-bond acceptors (Lipinski definition) is 2. The van der Waals surface area contributed by atoms with Gasteiger partial charge in [-0.1, -0.05) is 74.1 Å². The van der Waals surface area contributed by atoms with Gasteiger partial charge in [0.05, 0.1) is 6.04 Å². The van der Waals surface area contributed by atoms with E-state index < -0.39 is 0 Å². The standard InChI is InChI=1S/C33H44N2/c1-22(2)17-18-30-24(4)27-11-5-8-14-31(27)34(30)25-19-23(3)20-26(21-25)35-32-15-9-6-12-28(32)29-13-7-10-16-33(29)35/h5-7,9,11-13,15,20,22,25-28,31-32H,8,10,14,16-19,21H2,1-4H3. The fourth-order valence-corrected chi connectivity index (χ4v) is 8.01. The van der Waals surface area contributed by atoms with Crippen LogP contribution in [0.2, 0.25) is 0 Å². The summed E-state index contributed by atoms with van der Waals surface area (Å²) in [5.74, 6) is 1.92. The van der Waals surface area contributed by atoms with E-state index in [0.717, 1.165) is 5.92 Å². The molecule has 0 saturated heterocycles. The summed E-state index contributed by atoms with van der Waals surface area (Å²) in [5, 5.41) is 0. The molecule has 2 aliphatic heterocycles. The summed E-state index contributed by atoms with van der Waals surface area (Å²) in [6.07, 6.45) is 31.9. The first-order chi connectivity index (χ1) is 17.0. The van der Waals surface area contributed by atoms with Gasteiger partial charge in [0.15, 0.2) is 0 Å². The number of hydrogen-bond donors (Lipinski definition) is 0. The van der Waals surface area contributed by atoms with Crippen molar-refractivity contribution in [2.24, 2.45) is 17.8 Å². The molecule has 186 valence electrons. The molecule has 6 rings (SSSR count). The number of allylic oxidation sites excluding steroid dienone is 7. The van der Waals surface area contributed by atoms with Crippen LogP contribution in [-0.4, -0.2) is 34.0 Å². The first-order valence-corrected chi connectivity index (χ1v) is 14.4. The third-order valence-corrected chi connectivity index (χ3v) is 9.54. The number of nitrogens with zero attached hydrogens (tertiary/aromatic N) is 2. The van der Waals surface area contributed by atoms with E-state index in [1.54, 1.807) is 28.1 Å². The normalized spacial score (nSPS) is 35.7. The second kappa shape index (κ2) is 9.34. The Balaban J connectivity index is 1.32. The Hall–Kier alpha value is -2.22. The highest BCUT2D eigenvalue weighted by molar-refractivity contribution is 5.45. The summed E-state index contributed by atoms with van der Waals surface area (Å²) >= 11 is 0. The van der Waals surface area contributed by atoms with Crippen molar-refractivity contribution in [2.75, 3.05) is 0 Å². The van der Waals surface area contributed by atoms with E-state index in [9.17, 15) is 0 Å². The van der Waals surface area contributed by atoms with Crippen molar-refractivity contribution in [3.8, 4) is 0 Å². The molecule has 0 aromatic carbocycles. The minimum atomic E-state index is 0.488. The van der Waals surface area contributed by atoms with Gasteiger partial charge in [0.25, 0.3) is 0 Å². The highest BCUT2D eigenvalue weighted by Crippen LogP contribution is 2.48. The van der Waals surface area contributed by atoms with Gasteiger partial charge in [-0.3, -0.25) is 0 Å². The van der Waals surface area contributed by atoms with Crippen molar-refractivity contribution >= 4 is 0 Å². The van der Waals surface area contributed by atoms with Crippen LogP contribution in [0.3, 0.4) is 0 Å². The zero-order valence-electron chi connectivity index (χ0n) is 22.3. The van der Waals surface area contributed by atoms with Crippen LogP contribution in [0.25, 0.3) is 0 Å². The average Bonchev–Trinajstić information content (AvgIpc) is 3.34. The smallest absolute Gasteiger partial charge is 0.0583 e. The van der Waals surface area contributed by atoms with E-state index in [2.05, 4.69) is 92.2 Å². The second-order valence-corrected chi connectivity index (χ2v) is 12.3. The fourth-order valence-electron chi connectivity index (χ4n) is 8.01. The lowest BCUT2D eigenvalue weighted by Gasteiger charge is -2.46. The molecule has 2 heterocycles. The molecule has 0 aromatic rings. The molecule has 0 saturated carbocycles. The zero-order chi connectivity index (χ0) is 24.1. The van der Waals surface area contributed by atoms with Gasteiger partial charge in [-0.25, -0.2) is 0 Å². The van der Waals surface area contributed by atoms with Crippen LogP contribution in [0.4, 0.5) is 0 Å². The maximum absolute atomic E-state index is 2.97. The van der Waals surface area contributed by atoms with Crippen LogP contribution in [0.15, 0.2) is 82.8 Å². The van der Waals surface area contributed by atoms with Crippen molar-refractivity contribution in [2.45, 2.75) is 103 Å². The lowest BCUT2D eigenvalue weighted by atomic mass is 9.84. The van der Waals surface area contributed by atoms with E-state index in [4.69, 9.17) is 0 Å². The molecular formula is C33H44N2. The maximum Gasteiger partial charge on any atom is 0.0583 e. The summed E-state index contributed by atoms with van der Waals surface area (Å²) in [6.45, 7) is 9.61. The Kier molecular flexibility index (Phi) is 6.19. The van der Waals surface area contributed by atoms with Crippen molar-refractivity contribution < 1.29 is 0 Å². The molecule has 0 spiro atoms. The first-order valence-electron chi connectivity index (χ1n) is 14.4. The predicted octanol–water partition coefficient (Wildman–Crippen LogP) is 7.85. The fraction of sp³-hybridized carbons (Fsp3) is 0.576. The molecule has 0 bridgehead atoms. The van der Waals surface area contributed by atoms with Crippen LogP contribution in [0.1, 0.15) is 79.1 Å². The number of rotatable bonds is 5. The van der Waals surface area contributed by atoms with E-state index >= 15 is 0 Å². The molecule has 0 N–H and O–H groups in total. The summed E-state index contributed by atoms with van der Waals surface area (Å²) in [5.41, 5.74) is 8.16. The SMILES string of the molecule is CC1=CC(N2C3=C(C=CCC3)C3C=CC=CC32)CC(N2C(CCC(C)C)=C(C)C3C=CCCC32)C1. The van der Waals surface area contributed by atoms with Gasteiger partial charge >= 0.3 is 0 Å². The summed E-state index contributed by atoms with van der Waals surface area (Å²) in [7, 11) is 0. The van der Waals surface area contributed by atoms with Gasteiger partial charge in [-0.05, 0) is 82.3 Å². The molecule has 6 atom stereocenters. The summed E-state index contributed by atoms with van der Waals surface area (Å²) in [4.78, 5) is 5.81. The molecule has 0 fully saturated rings. The molecule has 4 aliphatic carbocycles. The third-order valence-electron chi connectivity index (χ3n) is 9.54. The molecule has 2 heteroatoms. The Labute approximate surface area is 213 Å². The lowest BCUT2D eigenvalue weighted by molar-refractivity contribution is 0.122. The molecule has 0 radical (unpaired) electrons. The zero-order valence-corrected chi connectivity index (χ0v) is 22.3. The van der Waals surface area contributed by atoms with Gasteiger partial charge in [0.1, 0.15) is 0 Å². The highest BCUT2D eigenvalue weighted by Gasteiger charge is 2.46. The summed E-state index contributed by atoms with van der Waals surface area (Å²) < 4.78 is 0. The summed E-state index contributed by atoms with van der Waals surface area (Å²) in [6, 6.07) is 2.28. The van der Waals surface area contributed by atoms with E-state index in [1.165, 1.54) is 51.4 Å². The maximum atomic E-state index is 2.97. The van der Waals surface area contributed by atoms with E-state index in [-0.39, 0.29) is 0 Å². The van der Waals surface area contributed by atoms with Crippen molar-refractivity contribution in [1.82, 2.24) is 9.80 Å². The molecule has 0 aromatic heterocycles. The Morgan fingerprint density at radius 2 is 1.83 bits per heavy atom. The van der Waals surface area contributed by atoms with Crippen molar-refractivity contribution in [3.05, 3.63) is 82.8 Å². The first kappa shape index (κ1) is 23.2. The molecule has 35 heavy (non-hydrogen) atoms. The minimum Gasteiger partial charge on any atom is -0.368 e. The van der Waals surface area contributed by atoms with E-state index in [0.29, 0.717) is 36.0 Å². The quantitative estimate of drug-likeness (QED) is 0.379. The second-order valence-electron chi connectivity index (χ2n) is 12.3. The Bertz CT molecular complexity index is 1060. The van der Waals surface area contributed by atoms with Crippen LogP contribution >= 0.6 is 0 Å². The third kappa shape index (κ3) is 4.02. The van der Waals surface area contributed by atoms with Gasteiger partial charge in [-0.15, -0.1) is 0 Å². The van der Waals surface area contributed by atoms with Gasteiger partial charge in [0.2, 0.25) is 0 Å². The molecule has 6 unspecified atom stereocenters. The molecular weight excluding hydrogens is 424 g/mol. The lowest BCUT2D eigenvalue weighted by Crippen LogP contribution is -2.49. The van der Waals surface area contributed by atoms with Crippen molar-refractivity contribution in [1.29, 1.82) is 0 Å². The van der Waals surface area contributed by atoms with Crippen molar-refractivity contribution in [3.63, 3.8) is 0 Å². The largest absolute Gasteiger partial charge is 0.368 e. The van der Waals surface area contributed by atoms with Gasteiger partial charge in [-0.2, -0.15) is 0 Å². The van der Waals surface area contributed by atoms with Crippen LogP contribution in [-0.2, 0) is 0 Å².